The molecule has 104 valence electrons. The monoisotopic (exact) mass is 272 g/mol. The Kier molecular flexibility index (Phi) is 3.47. The highest BCUT2D eigenvalue weighted by Gasteiger charge is 2.14. The van der Waals surface area contributed by atoms with Crippen molar-refractivity contribution in [2.24, 2.45) is 5.92 Å². The largest absolute Gasteiger partial charge is 0.370 e. The summed E-state index contributed by atoms with van der Waals surface area (Å²) in [7, 11) is 0. The van der Waals surface area contributed by atoms with E-state index in [4.69, 9.17) is 0 Å². The molecule has 1 aliphatic rings. The van der Waals surface area contributed by atoms with Crippen molar-refractivity contribution < 1.29 is 4.92 Å². The van der Waals surface area contributed by atoms with Gasteiger partial charge in [0.2, 0.25) is 0 Å². The zero-order valence-electron chi connectivity index (χ0n) is 11.0. The number of nitro groups is 1. The van der Waals surface area contributed by atoms with Crippen LogP contribution < -0.4 is 10.6 Å². The molecule has 0 amide bonds. The van der Waals surface area contributed by atoms with E-state index in [-0.39, 0.29) is 5.69 Å². The lowest BCUT2D eigenvalue weighted by Gasteiger charge is -2.11. The van der Waals surface area contributed by atoms with Crippen LogP contribution in [0.1, 0.15) is 6.42 Å². The normalized spacial score (nSPS) is 18.3. The summed E-state index contributed by atoms with van der Waals surface area (Å²) in [6, 6.07) is 8.46. The molecule has 1 saturated heterocycles. The van der Waals surface area contributed by atoms with Crippen LogP contribution >= 0.6 is 0 Å². The van der Waals surface area contributed by atoms with Crippen molar-refractivity contribution in [2.75, 3.05) is 25.0 Å². The van der Waals surface area contributed by atoms with E-state index >= 15 is 0 Å². The number of fused-ring (bicyclic) bond motifs is 1. The van der Waals surface area contributed by atoms with Gasteiger partial charge in [-0.25, -0.2) is 4.98 Å². The average molecular weight is 272 g/mol. The maximum atomic E-state index is 10.7. The van der Waals surface area contributed by atoms with E-state index in [1.54, 1.807) is 12.1 Å². The number of hydrogen-bond acceptors (Lipinski definition) is 5. The lowest BCUT2D eigenvalue weighted by atomic mass is 10.1. The molecule has 0 spiro atoms. The third-order valence-electron chi connectivity index (χ3n) is 3.62. The van der Waals surface area contributed by atoms with Crippen molar-refractivity contribution in [1.82, 2.24) is 10.3 Å². The van der Waals surface area contributed by atoms with E-state index in [9.17, 15) is 10.1 Å². The molecule has 0 aliphatic carbocycles. The fourth-order valence-electron chi connectivity index (χ4n) is 2.46. The predicted octanol–water partition coefficient (Wildman–Crippen LogP) is 2.16. The van der Waals surface area contributed by atoms with Gasteiger partial charge in [0.25, 0.3) is 5.69 Å². The van der Waals surface area contributed by atoms with Crippen LogP contribution in [0.15, 0.2) is 30.3 Å². The molecule has 3 rings (SSSR count). The summed E-state index contributed by atoms with van der Waals surface area (Å²) in [5, 5.41) is 18.2. The van der Waals surface area contributed by atoms with E-state index in [1.807, 2.05) is 12.1 Å². The van der Waals surface area contributed by atoms with Crippen LogP contribution in [0.4, 0.5) is 11.5 Å². The van der Waals surface area contributed by atoms with Gasteiger partial charge in [0, 0.05) is 24.1 Å². The first-order valence-corrected chi connectivity index (χ1v) is 6.72. The summed E-state index contributed by atoms with van der Waals surface area (Å²) in [4.78, 5) is 14.8. The van der Waals surface area contributed by atoms with Crippen molar-refractivity contribution >= 4 is 22.4 Å². The molecule has 6 nitrogen and oxygen atoms in total. The molecule has 0 radical (unpaired) electrons. The maximum Gasteiger partial charge on any atom is 0.270 e. The fraction of sp³-hybridized carbons (Fsp3) is 0.357. The third-order valence-corrected chi connectivity index (χ3v) is 3.62. The second-order valence-electron chi connectivity index (χ2n) is 5.07. The second-order valence-corrected chi connectivity index (χ2v) is 5.07. The van der Waals surface area contributed by atoms with E-state index in [2.05, 4.69) is 15.6 Å². The van der Waals surface area contributed by atoms with Gasteiger partial charge in [-0.1, -0.05) is 0 Å². The van der Waals surface area contributed by atoms with E-state index in [1.165, 1.54) is 12.5 Å². The third kappa shape index (κ3) is 2.70. The van der Waals surface area contributed by atoms with Gasteiger partial charge in [-0.15, -0.1) is 0 Å². The maximum absolute atomic E-state index is 10.7. The summed E-state index contributed by atoms with van der Waals surface area (Å²) in [5.74, 6) is 1.46. The quantitative estimate of drug-likeness (QED) is 0.658. The molecule has 2 heterocycles. The number of nitro benzene ring substituents is 1. The van der Waals surface area contributed by atoms with Crippen LogP contribution in [0.5, 0.6) is 0 Å². The Hall–Kier alpha value is -2.21. The van der Waals surface area contributed by atoms with Crippen LogP contribution in [-0.4, -0.2) is 29.5 Å². The van der Waals surface area contributed by atoms with E-state index < -0.39 is 4.92 Å². The number of pyridine rings is 1. The number of nitrogens with one attached hydrogen (secondary N) is 2. The van der Waals surface area contributed by atoms with Gasteiger partial charge in [0.15, 0.2) is 0 Å². The summed E-state index contributed by atoms with van der Waals surface area (Å²) in [6.07, 6.45) is 1.19. The first kappa shape index (κ1) is 12.8. The molecular weight excluding hydrogens is 256 g/mol. The highest BCUT2D eigenvalue weighted by molar-refractivity contribution is 5.82. The van der Waals surface area contributed by atoms with Crippen LogP contribution in [0.3, 0.4) is 0 Å². The number of rotatable bonds is 4. The molecule has 0 bridgehead atoms. The molecule has 6 heteroatoms. The van der Waals surface area contributed by atoms with Gasteiger partial charge in [-0.05, 0) is 43.6 Å². The van der Waals surface area contributed by atoms with Crippen LogP contribution in [0.2, 0.25) is 0 Å². The van der Waals surface area contributed by atoms with Gasteiger partial charge in [-0.2, -0.15) is 0 Å². The molecule has 1 fully saturated rings. The minimum atomic E-state index is -0.390. The second kappa shape index (κ2) is 5.42. The van der Waals surface area contributed by atoms with Crippen molar-refractivity contribution in [3.05, 3.63) is 40.4 Å². The lowest BCUT2D eigenvalue weighted by Crippen LogP contribution is -2.17. The molecule has 1 aromatic carbocycles. The first-order chi connectivity index (χ1) is 9.72. The van der Waals surface area contributed by atoms with E-state index in [0.29, 0.717) is 5.92 Å². The SMILES string of the molecule is O=[N+]([O-])c1ccc2nc(NCC3CCNC3)ccc2c1. The van der Waals surface area contributed by atoms with Crippen molar-refractivity contribution in [1.29, 1.82) is 0 Å². The Morgan fingerprint density at radius 2 is 2.30 bits per heavy atom. The minimum Gasteiger partial charge on any atom is -0.370 e. The molecule has 1 atom stereocenters. The summed E-state index contributed by atoms with van der Waals surface area (Å²) in [5.41, 5.74) is 0.863. The Bertz CT molecular complexity index is 638. The van der Waals surface area contributed by atoms with Gasteiger partial charge in [0.05, 0.1) is 10.4 Å². The summed E-state index contributed by atoms with van der Waals surface area (Å²) >= 11 is 0. The Morgan fingerprint density at radius 3 is 3.05 bits per heavy atom. The predicted molar refractivity (Wildman–Crippen MR) is 77.9 cm³/mol. The fourth-order valence-corrected chi connectivity index (χ4v) is 2.46. The smallest absolute Gasteiger partial charge is 0.270 e. The Balaban J connectivity index is 1.76. The Morgan fingerprint density at radius 1 is 1.40 bits per heavy atom. The first-order valence-electron chi connectivity index (χ1n) is 6.72. The van der Waals surface area contributed by atoms with Crippen LogP contribution in [-0.2, 0) is 0 Å². The van der Waals surface area contributed by atoms with E-state index in [0.717, 1.165) is 36.4 Å². The van der Waals surface area contributed by atoms with Crippen molar-refractivity contribution in [3.8, 4) is 0 Å². The molecule has 1 aliphatic heterocycles. The van der Waals surface area contributed by atoms with Gasteiger partial charge in [-0.3, -0.25) is 10.1 Å². The molecule has 1 unspecified atom stereocenters. The van der Waals surface area contributed by atoms with Crippen molar-refractivity contribution in [3.63, 3.8) is 0 Å². The van der Waals surface area contributed by atoms with Crippen LogP contribution in [0.25, 0.3) is 10.9 Å². The molecule has 2 N–H and O–H groups in total. The van der Waals surface area contributed by atoms with Gasteiger partial charge < -0.3 is 10.6 Å². The molecule has 0 saturated carbocycles. The topological polar surface area (TPSA) is 80.1 Å². The standard InChI is InChI=1S/C14H16N4O2/c19-18(20)12-2-3-13-11(7-12)1-4-14(17-13)16-9-10-5-6-15-8-10/h1-4,7,10,15H,5-6,8-9H2,(H,16,17). The zero-order valence-corrected chi connectivity index (χ0v) is 11.0. The highest BCUT2D eigenvalue weighted by Crippen LogP contribution is 2.21. The number of anilines is 1. The number of benzene rings is 1. The Labute approximate surface area is 116 Å². The van der Waals surface area contributed by atoms with Gasteiger partial charge >= 0.3 is 0 Å². The molecule has 2 aromatic rings. The number of aromatic nitrogens is 1. The number of nitrogens with zero attached hydrogens (tertiary/aromatic N) is 2. The summed E-state index contributed by atoms with van der Waals surface area (Å²) in [6.45, 7) is 3.03. The summed E-state index contributed by atoms with van der Waals surface area (Å²) < 4.78 is 0. The van der Waals surface area contributed by atoms with Crippen molar-refractivity contribution in [2.45, 2.75) is 6.42 Å². The molecule has 20 heavy (non-hydrogen) atoms. The average Bonchev–Trinajstić information content (AvgIpc) is 2.97. The minimum absolute atomic E-state index is 0.0945. The van der Waals surface area contributed by atoms with Gasteiger partial charge in [0.1, 0.15) is 5.82 Å². The highest BCUT2D eigenvalue weighted by atomic mass is 16.6. The zero-order chi connectivity index (χ0) is 13.9. The number of hydrogen-bond donors (Lipinski definition) is 2. The lowest BCUT2D eigenvalue weighted by molar-refractivity contribution is -0.384. The molecular formula is C14H16N4O2. The number of non-ortho nitro benzene ring substituents is 1. The molecule has 1 aromatic heterocycles. The van der Waals surface area contributed by atoms with Crippen LogP contribution in [0, 0.1) is 16.0 Å².